The highest BCUT2D eigenvalue weighted by Crippen LogP contribution is 2.34. The zero-order valence-corrected chi connectivity index (χ0v) is 16.3. The summed E-state index contributed by atoms with van der Waals surface area (Å²) in [5.41, 5.74) is 0.881. The number of likely N-dealkylation sites (tertiary alicyclic amines) is 1. The first-order valence-corrected chi connectivity index (χ1v) is 9.58. The second-order valence-electron chi connectivity index (χ2n) is 6.92. The van der Waals surface area contributed by atoms with E-state index in [-0.39, 0.29) is 12.1 Å². The van der Waals surface area contributed by atoms with E-state index >= 15 is 0 Å². The van der Waals surface area contributed by atoms with E-state index in [0.717, 1.165) is 16.9 Å². The van der Waals surface area contributed by atoms with Crippen LogP contribution < -0.4 is 0 Å². The fraction of sp³-hybridized carbons (Fsp3) is 0.455. The van der Waals surface area contributed by atoms with E-state index in [1.165, 1.54) is 24.3 Å². The van der Waals surface area contributed by atoms with Crippen LogP contribution in [-0.2, 0) is 11.2 Å². The van der Waals surface area contributed by atoms with Gasteiger partial charge in [-0.15, -0.1) is 11.8 Å². The largest absolute Gasteiger partial charge is 0.478 e. The van der Waals surface area contributed by atoms with Crippen molar-refractivity contribution in [2.75, 3.05) is 6.54 Å². The molecule has 7 heteroatoms. The predicted molar refractivity (Wildman–Crippen MR) is 105 cm³/mol. The Hall–Kier alpha value is -2.72. The minimum absolute atomic E-state index is 0.0773. The molecule has 5 nitrogen and oxygen atoms in total. The number of hydrogen-bond acceptors (Lipinski definition) is 3. The number of halogens is 2. The molecule has 1 fully saturated rings. The molecule has 2 atom stereocenters. The van der Waals surface area contributed by atoms with Crippen molar-refractivity contribution in [3.8, 4) is 11.8 Å². The number of hydrogen-bond donors (Lipinski definition) is 2. The Balaban J connectivity index is 2.00. The topological polar surface area (TPSA) is 77.8 Å². The van der Waals surface area contributed by atoms with Crippen LogP contribution in [0.4, 0.5) is 8.78 Å². The quantitative estimate of drug-likeness (QED) is 0.514. The van der Waals surface area contributed by atoms with E-state index in [1.54, 1.807) is 12.1 Å². The number of nitrogens with zero attached hydrogens (tertiary/aromatic N) is 1. The molecule has 0 radical (unpaired) electrons. The normalized spacial score (nSPS) is 19.2. The SMILES string of the molecule is CCC#CCC[C@H](O)C=C[C@H]1CC(F)(F)C(=O)N1CCc1ccc(C(=O)O)cc1. The first-order valence-electron chi connectivity index (χ1n) is 9.58. The van der Waals surface area contributed by atoms with Crippen molar-refractivity contribution in [3.63, 3.8) is 0 Å². The lowest BCUT2D eigenvalue weighted by atomic mass is 10.1. The van der Waals surface area contributed by atoms with Crippen molar-refractivity contribution in [1.29, 1.82) is 0 Å². The molecule has 1 saturated heterocycles. The minimum Gasteiger partial charge on any atom is -0.478 e. The summed E-state index contributed by atoms with van der Waals surface area (Å²) in [4.78, 5) is 24.1. The Kier molecular flexibility index (Phi) is 7.91. The summed E-state index contributed by atoms with van der Waals surface area (Å²) in [6, 6.07) is 5.29. The monoisotopic (exact) mass is 405 g/mol. The average molecular weight is 405 g/mol. The van der Waals surface area contributed by atoms with E-state index in [4.69, 9.17) is 5.11 Å². The number of aromatic carboxylic acids is 1. The fourth-order valence-corrected chi connectivity index (χ4v) is 3.11. The lowest BCUT2D eigenvalue weighted by Gasteiger charge is -2.22. The van der Waals surface area contributed by atoms with Gasteiger partial charge >= 0.3 is 11.9 Å². The van der Waals surface area contributed by atoms with E-state index < -0.39 is 36.4 Å². The highest BCUT2D eigenvalue weighted by atomic mass is 19.3. The molecule has 1 aromatic rings. The Morgan fingerprint density at radius 3 is 2.66 bits per heavy atom. The standard InChI is InChI=1S/C22H25F2NO4/c1-2-3-4-5-6-19(26)12-11-18-15-22(23,24)21(29)25(18)14-13-16-7-9-17(10-8-16)20(27)28/h7-12,18-19,26H,2,5-6,13-15H2,1H3,(H,27,28)/t18-,19-/m0/s1. The fourth-order valence-electron chi connectivity index (χ4n) is 3.11. The number of carboxylic acid groups (broad SMARTS) is 1. The number of amides is 1. The molecule has 156 valence electrons. The Labute approximate surface area is 169 Å². The maximum absolute atomic E-state index is 13.9. The zero-order chi connectivity index (χ0) is 21.4. The summed E-state index contributed by atoms with van der Waals surface area (Å²) < 4.78 is 27.9. The molecule has 29 heavy (non-hydrogen) atoms. The van der Waals surface area contributed by atoms with Gasteiger partial charge in [0.25, 0.3) is 5.91 Å². The van der Waals surface area contributed by atoms with Gasteiger partial charge < -0.3 is 15.1 Å². The van der Waals surface area contributed by atoms with Gasteiger partial charge in [-0.1, -0.05) is 31.2 Å². The number of aliphatic hydroxyl groups excluding tert-OH is 1. The predicted octanol–water partition coefficient (Wildman–Crippen LogP) is 3.27. The van der Waals surface area contributed by atoms with Gasteiger partial charge in [0.2, 0.25) is 0 Å². The summed E-state index contributed by atoms with van der Waals surface area (Å²) in [6.07, 6.45) is 3.44. The van der Waals surface area contributed by atoms with Crippen molar-refractivity contribution in [3.05, 3.63) is 47.5 Å². The highest BCUT2D eigenvalue weighted by molar-refractivity contribution is 5.87. The number of carbonyl (C=O) groups excluding carboxylic acids is 1. The number of aliphatic hydroxyl groups is 1. The third-order valence-corrected chi connectivity index (χ3v) is 4.70. The molecule has 0 aromatic heterocycles. The molecule has 1 heterocycles. The van der Waals surface area contributed by atoms with E-state index in [2.05, 4.69) is 11.8 Å². The lowest BCUT2D eigenvalue weighted by Crippen LogP contribution is -2.37. The molecule has 1 aliphatic heterocycles. The smallest absolute Gasteiger partial charge is 0.335 e. The molecular formula is C22H25F2NO4. The molecule has 0 spiro atoms. The van der Waals surface area contributed by atoms with Gasteiger partial charge in [0.05, 0.1) is 17.7 Å². The van der Waals surface area contributed by atoms with Crippen molar-refractivity contribution in [2.45, 2.75) is 57.1 Å². The van der Waals surface area contributed by atoms with Crippen LogP contribution in [0, 0.1) is 11.8 Å². The molecule has 1 aliphatic rings. The van der Waals surface area contributed by atoms with Gasteiger partial charge in [0.1, 0.15) is 0 Å². The van der Waals surface area contributed by atoms with Crippen LogP contribution in [0.15, 0.2) is 36.4 Å². The molecule has 0 saturated carbocycles. The van der Waals surface area contributed by atoms with Crippen LogP contribution in [0.1, 0.15) is 48.5 Å². The molecule has 2 N–H and O–H groups in total. The first kappa shape index (κ1) is 22.6. The molecule has 1 aromatic carbocycles. The van der Waals surface area contributed by atoms with Crippen LogP contribution >= 0.6 is 0 Å². The number of benzene rings is 1. The number of carbonyl (C=O) groups is 2. The lowest BCUT2D eigenvalue weighted by molar-refractivity contribution is -0.148. The van der Waals surface area contributed by atoms with Gasteiger partial charge in [-0.25, -0.2) is 4.79 Å². The van der Waals surface area contributed by atoms with Crippen molar-refractivity contribution < 1.29 is 28.6 Å². The third kappa shape index (κ3) is 6.40. The maximum atomic E-state index is 13.9. The summed E-state index contributed by atoms with van der Waals surface area (Å²) in [6.45, 7) is 2.00. The Morgan fingerprint density at radius 1 is 1.34 bits per heavy atom. The van der Waals surface area contributed by atoms with Crippen molar-refractivity contribution in [2.24, 2.45) is 0 Å². The van der Waals surface area contributed by atoms with E-state index in [1.807, 2.05) is 6.92 Å². The van der Waals surface area contributed by atoms with Crippen LogP contribution in [0.5, 0.6) is 0 Å². The van der Waals surface area contributed by atoms with Gasteiger partial charge in [-0.2, -0.15) is 8.78 Å². The van der Waals surface area contributed by atoms with Gasteiger partial charge in [0.15, 0.2) is 0 Å². The van der Waals surface area contributed by atoms with Gasteiger partial charge in [-0.05, 0) is 30.5 Å². The molecule has 1 amide bonds. The van der Waals surface area contributed by atoms with E-state index in [0.29, 0.717) is 19.3 Å². The average Bonchev–Trinajstić information content (AvgIpc) is 2.91. The van der Waals surface area contributed by atoms with Crippen LogP contribution in [0.3, 0.4) is 0 Å². The van der Waals surface area contributed by atoms with Crippen LogP contribution in [0.2, 0.25) is 0 Å². The first-order chi connectivity index (χ1) is 13.7. The van der Waals surface area contributed by atoms with Gasteiger partial charge in [0, 0.05) is 25.8 Å². The highest BCUT2D eigenvalue weighted by Gasteiger charge is 2.52. The molecule has 0 unspecified atom stereocenters. The molecule has 0 aliphatic carbocycles. The number of carboxylic acids is 1. The minimum atomic E-state index is -3.43. The summed E-state index contributed by atoms with van der Waals surface area (Å²) in [7, 11) is 0. The second kappa shape index (κ2) is 10.2. The zero-order valence-electron chi connectivity index (χ0n) is 16.3. The molecule has 0 bridgehead atoms. The van der Waals surface area contributed by atoms with Gasteiger partial charge in [-0.3, -0.25) is 4.79 Å². The summed E-state index contributed by atoms with van der Waals surface area (Å²) in [5.74, 6) is 0.102. The summed E-state index contributed by atoms with van der Waals surface area (Å²) in [5, 5.41) is 18.9. The number of alkyl halides is 2. The summed E-state index contributed by atoms with van der Waals surface area (Å²) >= 11 is 0. The van der Waals surface area contributed by atoms with E-state index in [9.17, 15) is 23.5 Å². The Bertz CT molecular complexity index is 808. The maximum Gasteiger partial charge on any atom is 0.335 e. The third-order valence-electron chi connectivity index (χ3n) is 4.70. The van der Waals surface area contributed by atoms with Crippen LogP contribution in [-0.4, -0.2) is 51.6 Å². The Morgan fingerprint density at radius 2 is 2.03 bits per heavy atom. The van der Waals surface area contributed by atoms with Crippen LogP contribution in [0.25, 0.3) is 0 Å². The number of rotatable bonds is 8. The van der Waals surface area contributed by atoms with Crippen molar-refractivity contribution in [1.82, 2.24) is 4.90 Å². The molecular weight excluding hydrogens is 380 g/mol. The molecule has 2 rings (SSSR count). The second-order valence-corrected chi connectivity index (χ2v) is 6.92. The van der Waals surface area contributed by atoms with Crippen molar-refractivity contribution >= 4 is 11.9 Å².